The molecule has 2 atom stereocenters. The van der Waals surface area contributed by atoms with Gasteiger partial charge in [0.1, 0.15) is 21.7 Å². The maximum Gasteiger partial charge on any atom is 0.274 e. The summed E-state index contributed by atoms with van der Waals surface area (Å²) < 4.78 is 7.63. The maximum atomic E-state index is 12.7. The second kappa shape index (κ2) is 9.80. The van der Waals surface area contributed by atoms with Crippen molar-refractivity contribution in [3.05, 3.63) is 69.1 Å². The van der Waals surface area contributed by atoms with Gasteiger partial charge in [-0.2, -0.15) is 0 Å². The molecule has 0 aliphatic carbocycles. The molecule has 164 valence electrons. The minimum Gasteiger partial charge on any atom is -0.494 e. The number of nitrogens with zero attached hydrogens (tertiary/aromatic N) is 3. The number of likely N-dealkylation sites (N-methyl/N-ethyl adjacent to an activating group) is 1. The highest BCUT2D eigenvalue weighted by Gasteiger charge is 2.27. The van der Waals surface area contributed by atoms with Crippen molar-refractivity contribution in [2.75, 3.05) is 38.7 Å². The van der Waals surface area contributed by atoms with E-state index in [-0.39, 0.29) is 18.2 Å². The molecule has 31 heavy (non-hydrogen) atoms. The fourth-order valence-electron chi connectivity index (χ4n) is 4.11. The van der Waals surface area contributed by atoms with Crippen molar-refractivity contribution in [1.29, 1.82) is 0 Å². The number of fused-ring (bicyclic) bond motifs is 1. The Balaban J connectivity index is 1.49. The van der Waals surface area contributed by atoms with Crippen LogP contribution in [0.3, 0.4) is 0 Å². The number of piperidine rings is 1. The van der Waals surface area contributed by atoms with Gasteiger partial charge in [-0.05, 0) is 65.1 Å². The van der Waals surface area contributed by atoms with Gasteiger partial charge in [0.2, 0.25) is 0 Å². The second-order valence-corrected chi connectivity index (χ2v) is 8.79. The van der Waals surface area contributed by atoms with Crippen molar-refractivity contribution in [2.24, 2.45) is 0 Å². The Bertz CT molecular complexity index is 1090. The van der Waals surface area contributed by atoms with E-state index in [1.165, 1.54) is 9.96 Å². The lowest BCUT2D eigenvalue weighted by Crippen LogP contribution is -2.43. The Labute approximate surface area is 189 Å². The number of aliphatic hydroxyl groups is 1. The molecule has 0 amide bonds. The predicted molar refractivity (Wildman–Crippen MR) is 125 cm³/mol. The smallest absolute Gasteiger partial charge is 0.274 e. The summed E-state index contributed by atoms with van der Waals surface area (Å²) in [5.74, 6) is 1.77. The van der Waals surface area contributed by atoms with Crippen molar-refractivity contribution >= 4 is 27.4 Å². The zero-order valence-electron chi connectivity index (χ0n) is 17.5. The van der Waals surface area contributed by atoms with E-state index in [4.69, 9.17) is 9.84 Å². The zero-order chi connectivity index (χ0) is 21.8. The molecule has 7 nitrogen and oxygen atoms in total. The van der Waals surface area contributed by atoms with E-state index < -0.39 is 0 Å². The van der Waals surface area contributed by atoms with Crippen molar-refractivity contribution in [3.8, 4) is 5.75 Å². The van der Waals surface area contributed by atoms with E-state index in [9.17, 15) is 4.79 Å². The number of anilines is 1. The topological polar surface area (TPSA) is 79.1 Å². The minimum absolute atomic E-state index is 0.120. The van der Waals surface area contributed by atoms with E-state index in [1.54, 1.807) is 6.20 Å². The van der Waals surface area contributed by atoms with E-state index >= 15 is 0 Å². The van der Waals surface area contributed by atoms with Crippen LogP contribution in [0.2, 0.25) is 0 Å². The summed E-state index contributed by atoms with van der Waals surface area (Å²) >= 11 is 3.44. The van der Waals surface area contributed by atoms with E-state index in [0.29, 0.717) is 34.9 Å². The summed E-state index contributed by atoms with van der Waals surface area (Å²) in [6.45, 7) is 2.50. The number of likely N-dealkylation sites (tertiary alicyclic amines) is 1. The lowest BCUT2D eigenvalue weighted by Gasteiger charge is -2.36. The van der Waals surface area contributed by atoms with Crippen LogP contribution in [0.25, 0.3) is 5.65 Å². The van der Waals surface area contributed by atoms with Crippen LogP contribution in [0.1, 0.15) is 24.3 Å². The third-order valence-electron chi connectivity index (χ3n) is 5.58. The van der Waals surface area contributed by atoms with Gasteiger partial charge in [-0.25, -0.2) is 4.98 Å². The number of halogens is 1. The first-order valence-electron chi connectivity index (χ1n) is 10.5. The SMILES string of the molecule is CN1CC(Nc2nc3ccccn3c(=O)c2Br)CC(c2ccc(OCCCO)cc2)C1. The normalized spacial score (nSPS) is 19.5. The molecule has 3 heterocycles. The van der Waals surface area contributed by atoms with Gasteiger partial charge >= 0.3 is 0 Å². The van der Waals surface area contributed by atoms with E-state index in [1.807, 2.05) is 30.3 Å². The van der Waals surface area contributed by atoms with Crippen LogP contribution in [-0.2, 0) is 0 Å². The number of pyridine rings is 1. The molecule has 3 aromatic rings. The van der Waals surface area contributed by atoms with Gasteiger partial charge in [0.05, 0.1) is 6.61 Å². The highest BCUT2D eigenvalue weighted by molar-refractivity contribution is 9.10. The Morgan fingerprint density at radius 1 is 1.23 bits per heavy atom. The van der Waals surface area contributed by atoms with Crippen LogP contribution in [0, 0.1) is 0 Å². The molecule has 1 aliphatic rings. The van der Waals surface area contributed by atoms with E-state index in [2.05, 4.69) is 50.3 Å². The van der Waals surface area contributed by atoms with Gasteiger partial charge < -0.3 is 20.1 Å². The van der Waals surface area contributed by atoms with Crippen molar-refractivity contribution in [3.63, 3.8) is 0 Å². The molecule has 0 spiro atoms. The van der Waals surface area contributed by atoms with Crippen LogP contribution in [-0.4, -0.2) is 58.8 Å². The minimum atomic E-state index is -0.120. The van der Waals surface area contributed by atoms with Gasteiger partial charge in [-0.15, -0.1) is 0 Å². The van der Waals surface area contributed by atoms with Crippen LogP contribution in [0.5, 0.6) is 5.75 Å². The number of aromatic nitrogens is 2. The largest absolute Gasteiger partial charge is 0.494 e. The molecule has 0 bridgehead atoms. The first kappa shape index (κ1) is 21.8. The molecular weight excluding hydrogens is 460 g/mol. The molecular formula is C23H27BrN4O3. The van der Waals surface area contributed by atoms with Gasteiger partial charge in [0.25, 0.3) is 5.56 Å². The number of ether oxygens (including phenoxy) is 1. The molecule has 4 rings (SSSR count). The lowest BCUT2D eigenvalue weighted by molar-refractivity contribution is 0.232. The number of benzene rings is 1. The number of aliphatic hydroxyl groups excluding tert-OH is 1. The zero-order valence-corrected chi connectivity index (χ0v) is 19.1. The Kier molecular flexibility index (Phi) is 6.89. The average Bonchev–Trinajstić information content (AvgIpc) is 2.77. The molecule has 2 N–H and O–H groups in total. The van der Waals surface area contributed by atoms with Gasteiger partial charge in [-0.3, -0.25) is 9.20 Å². The highest BCUT2D eigenvalue weighted by atomic mass is 79.9. The first-order valence-corrected chi connectivity index (χ1v) is 11.3. The van der Waals surface area contributed by atoms with Gasteiger partial charge in [0, 0.05) is 38.4 Å². The third-order valence-corrected chi connectivity index (χ3v) is 6.29. The predicted octanol–water partition coefficient (Wildman–Crippen LogP) is 3.12. The maximum absolute atomic E-state index is 12.7. The van der Waals surface area contributed by atoms with Crippen LogP contribution in [0.4, 0.5) is 5.82 Å². The van der Waals surface area contributed by atoms with Crippen LogP contribution >= 0.6 is 15.9 Å². The summed E-state index contributed by atoms with van der Waals surface area (Å²) in [5.41, 5.74) is 1.76. The molecule has 2 aromatic heterocycles. The quantitative estimate of drug-likeness (QED) is 0.499. The fourth-order valence-corrected chi connectivity index (χ4v) is 4.51. The third kappa shape index (κ3) is 5.08. The standard InChI is InChI=1S/C23H27BrN4O3/c1-27-14-17(16-6-8-19(9-7-16)31-12-4-11-29)13-18(15-27)25-22-21(24)23(30)28-10-3-2-5-20(28)26-22/h2-3,5-10,17-18,25,29H,4,11-15H2,1H3. The Morgan fingerprint density at radius 3 is 2.81 bits per heavy atom. The average molecular weight is 487 g/mol. The molecule has 8 heteroatoms. The molecule has 0 radical (unpaired) electrons. The first-order chi connectivity index (χ1) is 15.0. The molecule has 1 aromatic carbocycles. The van der Waals surface area contributed by atoms with E-state index in [0.717, 1.165) is 25.3 Å². The Hall–Kier alpha value is -2.42. The summed E-state index contributed by atoms with van der Waals surface area (Å²) in [7, 11) is 2.12. The summed E-state index contributed by atoms with van der Waals surface area (Å²) in [5, 5.41) is 12.4. The van der Waals surface area contributed by atoms with Gasteiger partial charge in [0.15, 0.2) is 0 Å². The Morgan fingerprint density at radius 2 is 2.03 bits per heavy atom. The van der Waals surface area contributed by atoms with Gasteiger partial charge in [-0.1, -0.05) is 18.2 Å². The monoisotopic (exact) mass is 486 g/mol. The second-order valence-electron chi connectivity index (χ2n) is 8.00. The molecule has 1 fully saturated rings. The van der Waals surface area contributed by atoms with Crippen LogP contribution < -0.4 is 15.6 Å². The summed E-state index contributed by atoms with van der Waals surface area (Å²) in [6.07, 6.45) is 3.29. The number of nitrogens with one attached hydrogen (secondary N) is 1. The number of hydrogen-bond donors (Lipinski definition) is 2. The molecule has 0 saturated carbocycles. The van der Waals surface area contributed by atoms with Crippen LogP contribution in [0.15, 0.2) is 57.9 Å². The molecule has 2 unspecified atom stereocenters. The number of rotatable bonds is 7. The van der Waals surface area contributed by atoms with Crippen molar-refractivity contribution in [1.82, 2.24) is 14.3 Å². The fraction of sp³-hybridized carbons (Fsp3) is 0.391. The van der Waals surface area contributed by atoms with Crippen molar-refractivity contribution in [2.45, 2.75) is 24.8 Å². The lowest BCUT2D eigenvalue weighted by atomic mass is 9.88. The molecule has 1 aliphatic heterocycles. The number of hydrogen-bond acceptors (Lipinski definition) is 6. The summed E-state index contributed by atoms with van der Waals surface area (Å²) in [4.78, 5) is 19.6. The summed E-state index contributed by atoms with van der Waals surface area (Å²) in [6, 6.07) is 13.9. The van der Waals surface area contributed by atoms with Crippen molar-refractivity contribution < 1.29 is 9.84 Å². The molecule has 1 saturated heterocycles. The highest BCUT2D eigenvalue weighted by Crippen LogP contribution is 2.30.